The molecule has 0 amide bonds. The first-order chi connectivity index (χ1) is 12.6. The van der Waals surface area contributed by atoms with E-state index in [9.17, 15) is 26.3 Å². The number of hydrogen-bond acceptors (Lipinski definition) is 5. The number of fused-ring (bicyclic) bond motifs is 1. The zero-order chi connectivity index (χ0) is 19.8. The number of aromatic nitrogens is 2. The van der Waals surface area contributed by atoms with E-state index in [0.717, 1.165) is 17.8 Å². The Morgan fingerprint density at radius 3 is 2.44 bits per heavy atom. The van der Waals surface area contributed by atoms with Crippen LogP contribution in [0.15, 0.2) is 44.7 Å². The molecule has 144 valence electrons. The lowest BCUT2D eigenvalue weighted by molar-refractivity contribution is -0.138. The molecule has 2 heterocycles. The van der Waals surface area contributed by atoms with Crippen LogP contribution in [0.1, 0.15) is 12.5 Å². The fraction of sp³-hybridized carbons (Fsp3) is 0.250. The molecule has 0 atom stereocenters. The molecule has 0 aliphatic carbocycles. The predicted octanol–water partition coefficient (Wildman–Crippen LogP) is 6.63. The van der Waals surface area contributed by atoms with Crippen LogP contribution in [-0.4, -0.2) is 21.2 Å². The Labute approximate surface area is 157 Å². The van der Waals surface area contributed by atoms with Gasteiger partial charge in [0.25, 0.3) is 0 Å². The minimum atomic E-state index is -4.54. The van der Waals surface area contributed by atoms with Gasteiger partial charge in [-0.2, -0.15) is 26.3 Å². The highest BCUT2D eigenvalue weighted by Crippen LogP contribution is 2.39. The van der Waals surface area contributed by atoms with Crippen LogP contribution in [0.5, 0.6) is 0 Å². The number of thioether (sulfide) groups is 2. The van der Waals surface area contributed by atoms with Gasteiger partial charge in [0.1, 0.15) is 11.2 Å². The van der Waals surface area contributed by atoms with Gasteiger partial charge in [-0.15, -0.1) is 11.8 Å². The molecule has 0 N–H and O–H groups in total. The van der Waals surface area contributed by atoms with Crippen molar-refractivity contribution in [3.8, 4) is 11.6 Å². The second kappa shape index (κ2) is 7.27. The van der Waals surface area contributed by atoms with Crippen LogP contribution < -0.4 is 0 Å². The highest BCUT2D eigenvalue weighted by atomic mass is 32.2. The molecule has 11 heteroatoms. The average molecular weight is 424 g/mol. The molecule has 2 aromatic heterocycles. The van der Waals surface area contributed by atoms with E-state index < -0.39 is 17.2 Å². The molecule has 0 fully saturated rings. The van der Waals surface area contributed by atoms with Gasteiger partial charge in [0, 0.05) is 16.0 Å². The van der Waals surface area contributed by atoms with Crippen LogP contribution in [0.3, 0.4) is 0 Å². The van der Waals surface area contributed by atoms with Crippen molar-refractivity contribution in [2.75, 3.05) is 5.75 Å². The van der Waals surface area contributed by atoms with E-state index in [-0.39, 0.29) is 44.2 Å². The van der Waals surface area contributed by atoms with Gasteiger partial charge in [0.2, 0.25) is 5.89 Å². The maximum Gasteiger partial charge on any atom is 0.446 e. The van der Waals surface area contributed by atoms with Crippen molar-refractivity contribution in [2.24, 2.45) is 0 Å². The van der Waals surface area contributed by atoms with E-state index in [1.54, 1.807) is 6.92 Å². The molecule has 27 heavy (non-hydrogen) atoms. The summed E-state index contributed by atoms with van der Waals surface area (Å²) >= 11 is 0.843. The molecule has 3 rings (SSSR count). The second-order valence-corrected chi connectivity index (χ2v) is 7.64. The monoisotopic (exact) mass is 424 g/mol. The Morgan fingerprint density at radius 2 is 1.81 bits per heavy atom. The summed E-state index contributed by atoms with van der Waals surface area (Å²) in [5.74, 6) is 0.437. The molecule has 1 aromatic carbocycles. The number of alkyl halides is 6. The molecule has 0 saturated carbocycles. The van der Waals surface area contributed by atoms with E-state index in [1.165, 1.54) is 18.2 Å². The van der Waals surface area contributed by atoms with Crippen LogP contribution in [0.2, 0.25) is 0 Å². The van der Waals surface area contributed by atoms with Crippen molar-refractivity contribution in [1.29, 1.82) is 0 Å². The summed E-state index contributed by atoms with van der Waals surface area (Å²) in [5.41, 5.74) is -4.86. The fourth-order valence-corrected chi connectivity index (χ4v) is 3.60. The van der Waals surface area contributed by atoms with Gasteiger partial charge in [-0.3, -0.25) is 0 Å². The first-order valence-corrected chi connectivity index (χ1v) is 9.24. The van der Waals surface area contributed by atoms with Gasteiger partial charge in [-0.25, -0.2) is 9.97 Å². The molecule has 0 saturated heterocycles. The van der Waals surface area contributed by atoms with Crippen LogP contribution in [-0.2, 0) is 6.18 Å². The predicted molar refractivity (Wildman–Crippen MR) is 90.6 cm³/mol. The zero-order valence-electron chi connectivity index (χ0n) is 13.5. The molecule has 0 aliphatic heterocycles. The van der Waals surface area contributed by atoms with Crippen molar-refractivity contribution < 1.29 is 30.8 Å². The summed E-state index contributed by atoms with van der Waals surface area (Å²) < 4.78 is 81.7. The number of rotatable bonds is 4. The second-order valence-electron chi connectivity index (χ2n) is 5.20. The quantitative estimate of drug-likeness (QED) is 0.347. The first kappa shape index (κ1) is 19.9. The van der Waals surface area contributed by atoms with Crippen LogP contribution in [0.4, 0.5) is 26.3 Å². The lowest BCUT2D eigenvalue weighted by Gasteiger charge is -2.10. The van der Waals surface area contributed by atoms with E-state index >= 15 is 0 Å². The van der Waals surface area contributed by atoms with Gasteiger partial charge in [-0.1, -0.05) is 6.92 Å². The normalized spacial score (nSPS) is 12.7. The van der Waals surface area contributed by atoms with Gasteiger partial charge in [0.15, 0.2) is 5.58 Å². The van der Waals surface area contributed by atoms with Crippen LogP contribution in [0, 0.1) is 0 Å². The zero-order valence-corrected chi connectivity index (χ0v) is 15.1. The van der Waals surface area contributed by atoms with Gasteiger partial charge < -0.3 is 4.42 Å². The van der Waals surface area contributed by atoms with Gasteiger partial charge in [0.05, 0.1) is 5.56 Å². The van der Waals surface area contributed by atoms with Crippen molar-refractivity contribution >= 4 is 34.6 Å². The largest absolute Gasteiger partial charge is 0.446 e. The molecular formula is C16H10F6N2OS2. The van der Waals surface area contributed by atoms with Gasteiger partial charge in [-0.05, 0) is 41.8 Å². The first-order valence-electron chi connectivity index (χ1n) is 7.43. The van der Waals surface area contributed by atoms with E-state index in [1.807, 2.05) is 0 Å². The SMILES string of the molecule is CCSc1cc(C(F)(F)F)cnc1-c1nc2cc(SC(F)(F)F)ccc2o1. The lowest BCUT2D eigenvalue weighted by atomic mass is 10.2. The Balaban J connectivity index is 2.03. The van der Waals surface area contributed by atoms with Crippen molar-refractivity contribution in [2.45, 2.75) is 28.4 Å². The van der Waals surface area contributed by atoms with Crippen molar-refractivity contribution in [1.82, 2.24) is 9.97 Å². The highest BCUT2D eigenvalue weighted by Gasteiger charge is 2.32. The Kier molecular flexibility index (Phi) is 5.35. The maximum atomic E-state index is 12.9. The molecule has 0 unspecified atom stereocenters. The van der Waals surface area contributed by atoms with E-state index in [0.29, 0.717) is 11.9 Å². The Bertz CT molecular complexity index is 968. The third-order valence-corrected chi connectivity index (χ3v) is 4.91. The number of hydrogen-bond donors (Lipinski definition) is 0. The van der Waals surface area contributed by atoms with E-state index in [2.05, 4.69) is 9.97 Å². The molecule has 0 bridgehead atoms. The summed E-state index contributed by atoms with van der Waals surface area (Å²) in [6, 6.07) is 4.72. The standard InChI is InChI=1S/C16H10F6N2OS2/c1-2-26-12-5-8(15(17,18)19)7-23-13(12)14-24-10-6-9(27-16(20,21)22)3-4-11(10)25-14/h3-7H,2H2,1H3. The van der Waals surface area contributed by atoms with E-state index in [4.69, 9.17) is 4.42 Å². The van der Waals surface area contributed by atoms with Gasteiger partial charge >= 0.3 is 11.7 Å². The highest BCUT2D eigenvalue weighted by molar-refractivity contribution is 8.00. The van der Waals surface area contributed by atoms with Crippen molar-refractivity contribution in [3.05, 3.63) is 36.0 Å². The third-order valence-electron chi connectivity index (χ3n) is 3.28. The minimum absolute atomic E-state index is 0.0520. The summed E-state index contributed by atoms with van der Waals surface area (Å²) in [4.78, 5) is 8.09. The number of oxazole rings is 1. The molecule has 3 aromatic rings. The molecule has 0 radical (unpaired) electrons. The summed E-state index contributed by atoms with van der Waals surface area (Å²) in [6.45, 7) is 1.77. The maximum absolute atomic E-state index is 12.9. The summed E-state index contributed by atoms with van der Waals surface area (Å²) in [5, 5.41) is 0. The molecule has 3 nitrogen and oxygen atoms in total. The average Bonchev–Trinajstić information content (AvgIpc) is 2.95. The Hall–Kier alpha value is -1.88. The molecular weight excluding hydrogens is 414 g/mol. The number of benzene rings is 1. The molecule has 0 spiro atoms. The number of halogens is 6. The summed E-state index contributed by atoms with van der Waals surface area (Å²) in [6.07, 6.45) is -3.87. The van der Waals surface area contributed by atoms with Crippen molar-refractivity contribution in [3.63, 3.8) is 0 Å². The number of pyridine rings is 1. The Morgan fingerprint density at radius 1 is 1.07 bits per heavy atom. The third kappa shape index (κ3) is 4.70. The van der Waals surface area contributed by atoms with Crippen LogP contribution in [0.25, 0.3) is 22.7 Å². The van der Waals surface area contributed by atoms with Crippen LogP contribution >= 0.6 is 23.5 Å². The minimum Gasteiger partial charge on any atom is -0.435 e. The lowest BCUT2D eigenvalue weighted by Crippen LogP contribution is -2.06. The smallest absolute Gasteiger partial charge is 0.435 e. The molecule has 0 aliphatic rings. The fourth-order valence-electron chi connectivity index (χ4n) is 2.23. The summed E-state index contributed by atoms with van der Waals surface area (Å²) in [7, 11) is 0. The number of nitrogens with zero attached hydrogens (tertiary/aromatic N) is 2. The topological polar surface area (TPSA) is 38.9 Å².